The minimum Gasteiger partial charge on any atom is -0.399 e. The van der Waals surface area contributed by atoms with Crippen LogP contribution in [0.15, 0.2) is 60.7 Å². The molecule has 0 atom stereocenters. The van der Waals surface area contributed by atoms with Gasteiger partial charge in [0.25, 0.3) is 0 Å². The Kier molecular flexibility index (Phi) is 3.67. The molecule has 6 heteroatoms. The standard InChI is InChI=1S/C20H12ClN3S2/c21-13-4-8-16-18(10-13)26-20(24-16)12-3-7-15-17(9-12)25-19(23-15)11-1-5-14(22)6-2-11/h1-10H,22H2. The topological polar surface area (TPSA) is 51.8 Å². The Morgan fingerprint density at radius 1 is 0.692 bits per heavy atom. The molecular weight excluding hydrogens is 382 g/mol. The first-order valence-electron chi connectivity index (χ1n) is 7.99. The predicted octanol–water partition coefficient (Wildman–Crippen LogP) is 6.48. The van der Waals surface area contributed by atoms with Gasteiger partial charge in [0, 0.05) is 21.8 Å². The average molecular weight is 394 g/mol. The number of hydrogen-bond donors (Lipinski definition) is 1. The number of anilines is 1. The highest BCUT2D eigenvalue weighted by atomic mass is 35.5. The molecule has 0 fully saturated rings. The van der Waals surface area contributed by atoms with Gasteiger partial charge in [0.2, 0.25) is 0 Å². The minimum absolute atomic E-state index is 0.735. The summed E-state index contributed by atoms with van der Waals surface area (Å²) in [6.07, 6.45) is 0. The third-order valence-corrected chi connectivity index (χ3v) is 6.51. The van der Waals surface area contributed by atoms with Gasteiger partial charge in [-0.3, -0.25) is 0 Å². The van der Waals surface area contributed by atoms with E-state index in [0.717, 1.165) is 52.3 Å². The highest BCUT2D eigenvalue weighted by molar-refractivity contribution is 7.22. The van der Waals surface area contributed by atoms with Gasteiger partial charge in [-0.2, -0.15) is 0 Å². The molecule has 0 aliphatic rings. The van der Waals surface area contributed by atoms with E-state index >= 15 is 0 Å². The van der Waals surface area contributed by atoms with Crippen molar-refractivity contribution < 1.29 is 0 Å². The maximum atomic E-state index is 6.09. The Morgan fingerprint density at radius 2 is 1.27 bits per heavy atom. The van der Waals surface area contributed by atoms with Crippen LogP contribution in [0.25, 0.3) is 41.6 Å². The summed E-state index contributed by atoms with van der Waals surface area (Å²) in [5.74, 6) is 0. The molecule has 0 saturated carbocycles. The van der Waals surface area contributed by atoms with Crippen LogP contribution in [0.3, 0.4) is 0 Å². The van der Waals surface area contributed by atoms with E-state index in [1.165, 1.54) is 0 Å². The third-order valence-electron chi connectivity index (χ3n) is 4.14. The van der Waals surface area contributed by atoms with Gasteiger partial charge in [-0.25, -0.2) is 9.97 Å². The molecule has 3 nitrogen and oxygen atoms in total. The maximum Gasteiger partial charge on any atom is 0.124 e. The molecule has 0 amide bonds. The molecule has 26 heavy (non-hydrogen) atoms. The van der Waals surface area contributed by atoms with Crippen LogP contribution in [-0.4, -0.2) is 9.97 Å². The quantitative estimate of drug-likeness (QED) is 0.349. The molecule has 0 aliphatic carbocycles. The molecule has 5 aromatic rings. The summed E-state index contributed by atoms with van der Waals surface area (Å²) in [6, 6.07) is 19.9. The fourth-order valence-corrected chi connectivity index (χ4v) is 5.08. The number of halogens is 1. The number of aromatic nitrogens is 2. The van der Waals surface area contributed by atoms with Crippen LogP contribution in [-0.2, 0) is 0 Å². The van der Waals surface area contributed by atoms with Gasteiger partial charge < -0.3 is 5.73 Å². The number of benzene rings is 3. The summed E-state index contributed by atoms with van der Waals surface area (Å²) in [6.45, 7) is 0. The lowest BCUT2D eigenvalue weighted by Crippen LogP contribution is -1.83. The van der Waals surface area contributed by atoms with E-state index in [1.807, 2.05) is 42.5 Å². The van der Waals surface area contributed by atoms with Crippen LogP contribution in [0, 0.1) is 0 Å². The molecule has 2 heterocycles. The van der Waals surface area contributed by atoms with Gasteiger partial charge in [-0.15, -0.1) is 22.7 Å². The Morgan fingerprint density at radius 3 is 2.00 bits per heavy atom. The SMILES string of the molecule is Nc1ccc(-c2nc3ccc(-c4nc5ccc(Cl)cc5s4)cc3s2)cc1. The van der Waals surface area contributed by atoms with Crippen molar-refractivity contribution in [3.05, 3.63) is 65.7 Å². The molecule has 0 bridgehead atoms. The first-order valence-corrected chi connectivity index (χ1v) is 10.00. The molecular formula is C20H12ClN3S2. The maximum absolute atomic E-state index is 6.09. The Balaban J connectivity index is 1.59. The molecule has 5 rings (SSSR count). The third kappa shape index (κ3) is 2.74. The highest BCUT2D eigenvalue weighted by Crippen LogP contribution is 2.36. The summed E-state index contributed by atoms with van der Waals surface area (Å²) in [5.41, 5.74) is 10.7. The van der Waals surface area contributed by atoms with Crippen molar-refractivity contribution in [2.75, 3.05) is 5.73 Å². The van der Waals surface area contributed by atoms with Crippen molar-refractivity contribution in [1.29, 1.82) is 0 Å². The van der Waals surface area contributed by atoms with E-state index in [0.29, 0.717) is 0 Å². The molecule has 0 saturated heterocycles. The zero-order valence-corrected chi connectivity index (χ0v) is 15.8. The highest BCUT2D eigenvalue weighted by Gasteiger charge is 2.11. The Bertz CT molecular complexity index is 1260. The second-order valence-corrected chi connectivity index (χ2v) is 8.45. The van der Waals surface area contributed by atoms with Crippen molar-refractivity contribution >= 4 is 60.4 Å². The largest absolute Gasteiger partial charge is 0.399 e. The summed E-state index contributed by atoms with van der Waals surface area (Å²) >= 11 is 9.42. The van der Waals surface area contributed by atoms with Gasteiger partial charge >= 0.3 is 0 Å². The zero-order valence-electron chi connectivity index (χ0n) is 13.4. The molecule has 0 aliphatic heterocycles. The molecule has 126 valence electrons. The Hall–Kier alpha value is -2.47. The first kappa shape index (κ1) is 15.8. The minimum atomic E-state index is 0.735. The van der Waals surface area contributed by atoms with E-state index in [2.05, 4.69) is 18.2 Å². The lowest BCUT2D eigenvalue weighted by Gasteiger charge is -1.95. The zero-order chi connectivity index (χ0) is 17.7. The van der Waals surface area contributed by atoms with E-state index in [-0.39, 0.29) is 0 Å². The van der Waals surface area contributed by atoms with Gasteiger partial charge in [0.15, 0.2) is 0 Å². The monoisotopic (exact) mass is 393 g/mol. The van der Waals surface area contributed by atoms with Crippen LogP contribution in [0.5, 0.6) is 0 Å². The van der Waals surface area contributed by atoms with Gasteiger partial charge in [-0.05, 0) is 60.7 Å². The normalized spacial score (nSPS) is 11.4. The smallest absolute Gasteiger partial charge is 0.124 e. The summed E-state index contributed by atoms with van der Waals surface area (Å²) < 4.78 is 2.24. The van der Waals surface area contributed by atoms with Crippen LogP contribution >= 0.6 is 34.3 Å². The number of hydrogen-bond acceptors (Lipinski definition) is 5. The number of nitrogen functional groups attached to an aromatic ring is 1. The fraction of sp³-hybridized carbons (Fsp3) is 0. The molecule has 0 radical (unpaired) electrons. The molecule has 3 aromatic carbocycles. The molecule has 0 spiro atoms. The van der Waals surface area contributed by atoms with E-state index in [4.69, 9.17) is 27.3 Å². The van der Waals surface area contributed by atoms with E-state index in [9.17, 15) is 0 Å². The van der Waals surface area contributed by atoms with Crippen LogP contribution in [0.1, 0.15) is 0 Å². The van der Waals surface area contributed by atoms with E-state index < -0.39 is 0 Å². The first-order chi connectivity index (χ1) is 12.7. The lowest BCUT2D eigenvalue weighted by atomic mass is 10.2. The average Bonchev–Trinajstić information content (AvgIpc) is 3.25. The number of fused-ring (bicyclic) bond motifs is 2. The fourth-order valence-electron chi connectivity index (χ4n) is 2.83. The second-order valence-electron chi connectivity index (χ2n) is 5.95. The molecule has 2 aromatic heterocycles. The van der Waals surface area contributed by atoms with Gasteiger partial charge in [0.1, 0.15) is 10.0 Å². The summed E-state index contributed by atoms with van der Waals surface area (Å²) in [7, 11) is 0. The lowest BCUT2D eigenvalue weighted by molar-refractivity contribution is 1.46. The number of thiazole rings is 2. The van der Waals surface area contributed by atoms with E-state index in [1.54, 1.807) is 22.7 Å². The molecule has 0 unspecified atom stereocenters. The van der Waals surface area contributed by atoms with Crippen LogP contribution in [0.2, 0.25) is 5.02 Å². The second kappa shape index (κ2) is 6.06. The van der Waals surface area contributed by atoms with Crippen molar-refractivity contribution in [1.82, 2.24) is 9.97 Å². The van der Waals surface area contributed by atoms with Gasteiger partial charge in [-0.1, -0.05) is 11.6 Å². The summed E-state index contributed by atoms with van der Waals surface area (Å²) in [4.78, 5) is 9.48. The summed E-state index contributed by atoms with van der Waals surface area (Å²) in [5, 5.41) is 2.72. The number of rotatable bonds is 2. The number of nitrogens with two attached hydrogens (primary N) is 1. The van der Waals surface area contributed by atoms with Gasteiger partial charge in [0.05, 0.1) is 20.4 Å². The van der Waals surface area contributed by atoms with Crippen molar-refractivity contribution in [3.63, 3.8) is 0 Å². The van der Waals surface area contributed by atoms with Crippen molar-refractivity contribution in [3.8, 4) is 21.1 Å². The van der Waals surface area contributed by atoms with Crippen molar-refractivity contribution in [2.24, 2.45) is 0 Å². The Labute approximate surface area is 162 Å². The van der Waals surface area contributed by atoms with Crippen LogP contribution < -0.4 is 5.73 Å². The molecule has 2 N–H and O–H groups in total. The number of nitrogens with zero attached hydrogens (tertiary/aromatic N) is 2. The van der Waals surface area contributed by atoms with Crippen LogP contribution in [0.4, 0.5) is 5.69 Å². The van der Waals surface area contributed by atoms with Crippen molar-refractivity contribution in [2.45, 2.75) is 0 Å². The predicted molar refractivity (Wildman–Crippen MR) is 113 cm³/mol.